The van der Waals surface area contributed by atoms with Crippen LogP contribution < -0.4 is 10.1 Å². The maximum Gasteiger partial charge on any atom is 0.255 e. The van der Waals surface area contributed by atoms with Crippen LogP contribution in [0.25, 0.3) is 0 Å². The van der Waals surface area contributed by atoms with E-state index in [0.29, 0.717) is 29.2 Å². The Hall–Kier alpha value is -2.40. The maximum absolute atomic E-state index is 13.1. The van der Waals surface area contributed by atoms with E-state index in [1.807, 2.05) is 0 Å². The third-order valence-corrected chi connectivity index (χ3v) is 4.01. The smallest absolute Gasteiger partial charge is 0.255 e. The van der Waals surface area contributed by atoms with E-state index in [2.05, 4.69) is 5.32 Å². The molecule has 1 fully saturated rings. The Morgan fingerprint density at radius 2 is 2.08 bits per heavy atom. The van der Waals surface area contributed by atoms with E-state index in [1.165, 1.54) is 12.1 Å². The molecule has 5 heteroatoms. The number of halogens is 1. The molecule has 4 nitrogen and oxygen atoms in total. The zero-order valence-electron chi connectivity index (χ0n) is 13.5. The molecule has 0 bridgehead atoms. The van der Waals surface area contributed by atoms with Crippen LogP contribution in [-0.4, -0.2) is 25.2 Å². The molecule has 2 aromatic rings. The van der Waals surface area contributed by atoms with E-state index in [9.17, 15) is 9.18 Å². The van der Waals surface area contributed by atoms with Gasteiger partial charge in [-0.2, -0.15) is 0 Å². The van der Waals surface area contributed by atoms with Crippen molar-refractivity contribution in [2.24, 2.45) is 0 Å². The average Bonchev–Trinajstić information content (AvgIpc) is 3.09. The third kappa shape index (κ3) is 4.11. The summed E-state index contributed by atoms with van der Waals surface area (Å²) in [5.74, 6) is 0.147. The molecule has 1 saturated heterocycles. The van der Waals surface area contributed by atoms with E-state index >= 15 is 0 Å². The molecular formula is C19H20FNO3. The van der Waals surface area contributed by atoms with Gasteiger partial charge in [-0.15, -0.1) is 0 Å². The van der Waals surface area contributed by atoms with Crippen molar-refractivity contribution in [1.29, 1.82) is 0 Å². The number of anilines is 1. The standard InChI is InChI=1S/C19H20FNO3/c1-13-11-15(20)6-9-18(13)21-19(22)14-4-7-16(8-5-14)24-12-17-3-2-10-23-17/h4-9,11,17H,2-3,10,12H2,1H3,(H,21,22)/t17-/m0/s1. The first-order valence-corrected chi connectivity index (χ1v) is 8.04. The van der Waals surface area contributed by atoms with Crippen molar-refractivity contribution in [3.05, 3.63) is 59.4 Å². The van der Waals surface area contributed by atoms with Gasteiger partial charge in [-0.05, 0) is 67.8 Å². The van der Waals surface area contributed by atoms with Crippen molar-refractivity contribution in [3.8, 4) is 5.75 Å². The topological polar surface area (TPSA) is 47.6 Å². The molecule has 0 radical (unpaired) electrons. The maximum atomic E-state index is 13.1. The summed E-state index contributed by atoms with van der Waals surface area (Å²) in [7, 11) is 0. The van der Waals surface area contributed by atoms with Gasteiger partial charge in [0, 0.05) is 17.9 Å². The largest absolute Gasteiger partial charge is 0.491 e. The lowest BCUT2D eigenvalue weighted by molar-refractivity contribution is 0.0679. The Labute approximate surface area is 140 Å². The van der Waals surface area contributed by atoms with Gasteiger partial charge < -0.3 is 14.8 Å². The van der Waals surface area contributed by atoms with Crippen molar-refractivity contribution in [3.63, 3.8) is 0 Å². The lowest BCUT2D eigenvalue weighted by Crippen LogP contribution is -2.16. The Morgan fingerprint density at radius 3 is 2.75 bits per heavy atom. The van der Waals surface area contributed by atoms with Crippen molar-refractivity contribution in [2.75, 3.05) is 18.5 Å². The number of hydrogen-bond acceptors (Lipinski definition) is 3. The van der Waals surface area contributed by atoms with Gasteiger partial charge in [0.05, 0.1) is 6.10 Å². The van der Waals surface area contributed by atoms with Crippen LogP contribution in [-0.2, 0) is 4.74 Å². The van der Waals surface area contributed by atoms with Crippen molar-refractivity contribution in [1.82, 2.24) is 0 Å². The summed E-state index contributed by atoms with van der Waals surface area (Å²) in [6.45, 7) is 3.08. The number of benzene rings is 2. The van der Waals surface area contributed by atoms with E-state index in [-0.39, 0.29) is 17.8 Å². The monoisotopic (exact) mass is 329 g/mol. The number of amides is 1. The molecule has 1 aliphatic heterocycles. The number of carbonyl (C=O) groups is 1. The first-order valence-electron chi connectivity index (χ1n) is 8.04. The zero-order chi connectivity index (χ0) is 16.9. The molecule has 0 saturated carbocycles. The number of ether oxygens (including phenoxy) is 2. The molecule has 0 unspecified atom stereocenters. The number of nitrogens with one attached hydrogen (secondary N) is 1. The predicted molar refractivity (Wildman–Crippen MR) is 90.0 cm³/mol. The molecule has 1 aliphatic rings. The number of hydrogen-bond donors (Lipinski definition) is 1. The van der Waals surface area contributed by atoms with E-state index in [4.69, 9.17) is 9.47 Å². The molecule has 2 aromatic carbocycles. The molecular weight excluding hydrogens is 309 g/mol. The van der Waals surface area contributed by atoms with Crippen LogP contribution in [0.3, 0.4) is 0 Å². The van der Waals surface area contributed by atoms with Gasteiger partial charge in [0.25, 0.3) is 5.91 Å². The Bertz CT molecular complexity index is 709. The fraction of sp³-hybridized carbons (Fsp3) is 0.316. The highest BCUT2D eigenvalue weighted by atomic mass is 19.1. The third-order valence-electron chi connectivity index (χ3n) is 4.01. The minimum absolute atomic E-state index is 0.162. The lowest BCUT2D eigenvalue weighted by atomic mass is 10.1. The normalized spacial score (nSPS) is 16.8. The summed E-state index contributed by atoms with van der Waals surface area (Å²) >= 11 is 0. The summed E-state index contributed by atoms with van der Waals surface area (Å²) in [4.78, 5) is 12.3. The predicted octanol–water partition coefficient (Wildman–Crippen LogP) is 3.94. The molecule has 1 heterocycles. The first kappa shape index (κ1) is 16.5. The summed E-state index contributed by atoms with van der Waals surface area (Å²) in [6.07, 6.45) is 2.27. The fourth-order valence-electron chi connectivity index (χ4n) is 2.63. The second-order valence-corrected chi connectivity index (χ2v) is 5.88. The molecule has 0 spiro atoms. The van der Waals surface area contributed by atoms with Crippen LogP contribution in [0.5, 0.6) is 5.75 Å². The zero-order valence-corrected chi connectivity index (χ0v) is 13.5. The molecule has 0 aromatic heterocycles. The summed E-state index contributed by atoms with van der Waals surface area (Å²) in [6, 6.07) is 11.2. The van der Waals surface area contributed by atoms with Crippen molar-refractivity contribution < 1.29 is 18.7 Å². The van der Waals surface area contributed by atoms with Gasteiger partial charge in [0.2, 0.25) is 0 Å². The fourth-order valence-corrected chi connectivity index (χ4v) is 2.63. The van der Waals surface area contributed by atoms with Crippen LogP contribution in [0.15, 0.2) is 42.5 Å². The van der Waals surface area contributed by atoms with Crippen LogP contribution in [0, 0.1) is 12.7 Å². The van der Waals surface area contributed by atoms with Gasteiger partial charge in [-0.25, -0.2) is 4.39 Å². The van der Waals surface area contributed by atoms with Gasteiger partial charge >= 0.3 is 0 Å². The van der Waals surface area contributed by atoms with Gasteiger partial charge in [0.15, 0.2) is 0 Å². The lowest BCUT2D eigenvalue weighted by Gasteiger charge is -2.12. The second kappa shape index (κ2) is 7.45. The Balaban J connectivity index is 1.58. The summed E-state index contributed by atoms with van der Waals surface area (Å²) in [5, 5.41) is 2.78. The first-order chi connectivity index (χ1) is 11.6. The SMILES string of the molecule is Cc1cc(F)ccc1NC(=O)c1ccc(OC[C@@H]2CCCO2)cc1. The Kier molecular flexibility index (Phi) is 5.11. The summed E-state index contributed by atoms with van der Waals surface area (Å²) in [5.41, 5.74) is 1.79. The highest BCUT2D eigenvalue weighted by Crippen LogP contribution is 2.19. The van der Waals surface area contributed by atoms with E-state index < -0.39 is 0 Å². The molecule has 126 valence electrons. The molecule has 3 rings (SSSR count). The summed E-state index contributed by atoms with van der Waals surface area (Å²) < 4.78 is 24.3. The molecule has 1 amide bonds. The number of aryl methyl sites for hydroxylation is 1. The van der Waals surface area contributed by atoms with Crippen molar-refractivity contribution >= 4 is 11.6 Å². The van der Waals surface area contributed by atoms with Gasteiger partial charge in [-0.1, -0.05) is 0 Å². The van der Waals surface area contributed by atoms with Gasteiger partial charge in [0.1, 0.15) is 18.2 Å². The van der Waals surface area contributed by atoms with Crippen LogP contribution in [0.2, 0.25) is 0 Å². The minimum Gasteiger partial charge on any atom is -0.491 e. The van der Waals surface area contributed by atoms with Gasteiger partial charge in [-0.3, -0.25) is 4.79 Å². The average molecular weight is 329 g/mol. The second-order valence-electron chi connectivity index (χ2n) is 5.88. The van der Waals surface area contributed by atoms with Crippen LogP contribution in [0.1, 0.15) is 28.8 Å². The van der Waals surface area contributed by atoms with Crippen LogP contribution in [0.4, 0.5) is 10.1 Å². The van der Waals surface area contributed by atoms with E-state index in [1.54, 1.807) is 37.3 Å². The minimum atomic E-state index is -0.321. The quantitative estimate of drug-likeness (QED) is 0.904. The molecule has 1 atom stereocenters. The number of rotatable bonds is 5. The van der Waals surface area contributed by atoms with Crippen molar-refractivity contribution in [2.45, 2.75) is 25.9 Å². The van der Waals surface area contributed by atoms with E-state index in [0.717, 1.165) is 19.4 Å². The molecule has 0 aliphatic carbocycles. The van der Waals surface area contributed by atoms with Crippen LogP contribution >= 0.6 is 0 Å². The molecule has 1 N–H and O–H groups in total. The molecule has 24 heavy (non-hydrogen) atoms. The highest BCUT2D eigenvalue weighted by Gasteiger charge is 2.16. The highest BCUT2D eigenvalue weighted by molar-refractivity contribution is 6.04. The number of carbonyl (C=O) groups excluding carboxylic acids is 1. The Morgan fingerprint density at radius 1 is 1.29 bits per heavy atom.